The van der Waals surface area contributed by atoms with Crippen molar-refractivity contribution in [3.8, 4) is 0 Å². The molecule has 0 aliphatic carbocycles. The molecule has 1 atom stereocenters. The molecule has 1 aliphatic rings. The number of hydrogen-bond donors (Lipinski definition) is 0. The molecule has 0 bridgehead atoms. The Labute approximate surface area is 145 Å². The molecule has 25 heavy (non-hydrogen) atoms. The molecule has 0 saturated carbocycles. The highest BCUT2D eigenvalue weighted by molar-refractivity contribution is 5.98. The number of aryl methyl sites for hydroxylation is 1. The van der Waals surface area contributed by atoms with Crippen LogP contribution in [-0.2, 0) is 0 Å². The molecule has 1 fully saturated rings. The van der Waals surface area contributed by atoms with Crippen LogP contribution in [0.2, 0.25) is 0 Å². The maximum absolute atomic E-state index is 13.0. The first-order chi connectivity index (χ1) is 12.1. The third-order valence-corrected chi connectivity index (χ3v) is 4.60. The van der Waals surface area contributed by atoms with Gasteiger partial charge < -0.3 is 14.2 Å². The van der Waals surface area contributed by atoms with Gasteiger partial charge in [0, 0.05) is 56.2 Å². The van der Waals surface area contributed by atoms with E-state index in [4.69, 9.17) is 0 Å². The van der Waals surface area contributed by atoms with Gasteiger partial charge in [-0.2, -0.15) is 0 Å². The van der Waals surface area contributed by atoms with Crippen molar-refractivity contribution >= 4 is 17.4 Å². The van der Waals surface area contributed by atoms with Crippen molar-refractivity contribution in [3.05, 3.63) is 54.4 Å². The van der Waals surface area contributed by atoms with E-state index in [2.05, 4.69) is 26.8 Å². The Morgan fingerprint density at radius 1 is 1.16 bits per heavy atom. The van der Waals surface area contributed by atoms with Crippen LogP contribution < -0.4 is 4.90 Å². The molecule has 1 saturated heterocycles. The molecule has 7 nitrogen and oxygen atoms in total. The quantitative estimate of drug-likeness (QED) is 0.714. The molecule has 4 rings (SSSR count). The molecular weight excluding hydrogens is 316 g/mol. The van der Waals surface area contributed by atoms with Gasteiger partial charge in [-0.05, 0) is 26.0 Å². The Bertz CT molecular complexity index is 921. The number of aromatic nitrogens is 4. The molecule has 0 radical (unpaired) electrons. The van der Waals surface area contributed by atoms with E-state index in [-0.39, 0.29) is 11.9 Å². The smallest absolute Gasteiger partial charge is 0.276 e. The van der Waals surface area contributed by atoms with Gasteiger partial charge in [0.25, 0.3) is 5.91 Å². The number of nitrogens with zero attached hydrogens (tertiary/aromatic N) is 6. The molecule has 3 aromatic rings. The van der Waals surface area contributed by atoms with Gasteiger partial charge in [-0.3, -0.25) is 4.79 Å². The lowest BCUT2D eigenvalue weighted by Gasteiger charge is -2.40. The van der Waals surface area contributed by atoms with Gasteiger partial charge in [-0.1, -0.05) is 6.07 Å². The van der Waals surface area contributed by atoms with Crippen LogP contribution in [0.25, 0.3) is 5.65 Å². The van der Waals surface area contributed by atoms with E-state index in [0.717, 1.165) is 24.6 Å². The summed E-state index contributed by atoms with van der Waals surface area (Å²) in [7, 11) is 0. The van der Waals surface area contributed by atoms with Crippen LogP contribution in [-0.4, -0.2) is 55.8 Å². The summed E-state index contributed by atoms with van der Waals surface area (Å²) < 4.78 is 1.82. The molecule has 0 aromatic carbocycles. The number of rotatable bonds is 2. The second kappa shape index (κ2) is 6.16. The first kappa shape index (κ1) is 15.6. The summed E-state index contributed by atoms with van der Waals surface area (Å²) in [6, 6.07) is 6.09. The highest BCUT2D eigenvalue weighted by atomic mass is 16.2. The molecule has 4 heterocycles. The maximum atomic E-state index is 13.0. The molecule has 1 aliphatic heterocycles. The Hall–Kier alpha value is -2.96. The lowest BCUT2D eigenvalue weighted by Crippen LogP contribution is -2.54. The third kappa shape index (κ3) is 2.82. The van der Waals surface area contributed by atoms with E-state index in [9.17, 15) is 4.79 Å². The molecule has 3 aromatic heterocycles. The topological polar surface area (TPSA) is 66.6 Å². The Balaban J connectivity index is 1.55. The van der Waals surface area contributed by atoms with Crippen molar-refractivity contribution in [2.75, 3.05) is 24.5 Å². The van der Waals surface area contributed by atoms with Gasteiger partial charge in [-0.25, -0.2) is 15.0 Å². The minimum Gasteiger partial charge on any atom is -0.353 e. The number of pyridine rings is 1. The summed E-state index contributed by atoms with van der Waals surface area (Å²) >= 11 is 0. The second-order valence-electron chi connectivity index (χ2n) is 6.36. The minimum absolute atomic E-state index is 0.0684. The van der Waals surface area contributed by atoms with Crippen LogP contribution in [0, 0.1) is 6.92 Å². The summed E-state index contributed by atoms with van der Waals surface area (Å²) in [5.41, 5.74) is 2.00. The summed E-state index contributed by atoms with van der Waals surface area (Å²) in [4.78, 5) is 30.2. The minimum atomic E-state index is -0.0684. The Morgan fingerprint density at radius 2 is 1.96 bits per heavy atom. The number of hydrogen-bond acceptors (Lipinski definition) is 5. The van der Waals surface area contributed by atoms with Crippen LogP contribution in [0.1, 0.15) is 23.1 Å². The van der Waals surface area contributed by atoms with E-state index in [0.29, 0.717) is 17.9 Å². The summed E-state index contributed by atoms with van der Waals surface area (Å²) in [5.74, 6) is 0.897. The van der Waals surface area contributed by atoms with Crippen molar-refractivity contribution in [1.82, 2.24) is 24.3 Å². The highest BCUT2D eigenvalue weighted by Gasteiger charge is 2.30. The van der Waals surface area contributed by atoms with Crippen molar-refractivity contribution in [1.29, 1.82) is 0 Å². The number of carbonyl (C=O) groups is 1. The molecule has 128 valence electrons. The van der Waals surface area contributed by atoms with Crippen LogP contribution in [0.3, 0.4) is 0 Å². The predicted octanol–water partition coefficient (Wildman–Crippen LogP) is 1.78. The summed E-state index contributed by atoms with van der Waals surface area (Å²) in [6.07, 6.45) is 6.93. The van der Waals surface area contributed by atoms with Gasteiger partial charge in [0.1, 0.15) is 5.82 Å². The van der Waals surface area contributed by atoms with E-state index in [1.54, 1.807) is 18.6 Å². The summed E-state index contributed by atoms with van der Waals surface area (Å²) in [5, 5.41) is 0. The lowest BCUT2D eigenvalue weighted by molar-refractivity contribution is 0.0669. The maximum Gasteiger partial charge on any atom is 0.276 e. The fourth-order valence-electron chi connectivity index (χ4n) is 3.31. The van der Waals surface area contributed by atoms with Crippen LogP contribution in [0.5, 0.6) is 0 Å². The zero-order valence-electron chi connectivity index (χ0n) is 14.3. The summed E-state index contributed by atoms with van der Waals surface area (Å²) in [6.45, 7) is 6.19. The van der Waals surface area contributed by atoms with Crippen molar-refractivity contribution in [2.45, 2.75) is 19.9 Å². The molecular formula is C18H20N6O. The average Bonchev–Trinajstić information content (AvgIpc) is 3.10. The lowest BCUT2D eigenvalue weighted by atomic mass is 10.1. The van der Waals surface area contributed by atoms with Crippen molar-refractivity contribution in [2.24, 2.45) is 0 Å². The fraction of sp³-hybridized carbons (Fsp3) is 0.333. The fourth-order valence-corrected chi connectivity index (χ4v) is 3.31. The van der Waals surface area contributed by atoms with E-state index in [1.807, 2.05) is 40.6 Å². The normalized spacial score (nSPS) is 17.9. The predicted molar refractivity (Wildman–Crippen MR) is 94.7 cm³/mol. The van der Waals surface area contributed by atoms with Crippen LogP contribution in [0.4, 0.5) is 5.82 Å². The Morgan fingerprint density at radius 3 is 2.72 bits per heavy atom. The van der Waals surface area contributed by atoms with Gasteiger partial charge in [0.15, 0.2) is 11.3 Å². The largest absolute Gasteiger partial charge is 0.353 e. The van der Waals surface area contributed by atoms with Gasteiger partial charge in [0.05, 0.1) is 0 Å². The first-order valence-corrected chi connectivity index (χ1v) is 8.41. The van der Waals surface area contributed by atoms with Crippen LogP contribution >= 0.6 is 0 Å². The SMILES string of the molecule is Cc1cccc(N2CCN(C(=O)c3nccn4ccnc34)[C@H](C)C2)n1. The molecule has 0 spiro atoms. The number of anilines is 1. The number of amides is 1. The molecule has 7 heteroatoms. The molecule has 0 unspecified atom stereocenters. The second-order valence-corrected chi connectivity index (χ2v) is 6.36. The van der Waals surface area contributed by atoms with E-state index < -0.39 is 0 Å². The zero-order chi connectivity index (χ0) is 17.4. The first-order valence-electron chi connectivity index (χ1n) is 8.41. The molecule has 0 N–H and O–H groups in total. The van der Waals surface area contributed by atoms with E-state index in [1.165, 1.54) is 0 Å². The molecule has 1 amide bonds. The Kier molecular flexibility index (Phi) is 3.83. The van der Waals surface area contributed by atoms with Crippen LogP contribution in [0.15, 0.2) is 43.0 Å². The number of piperazine rings is 1. The van der Waals surface area contributed by atoms with Crippen molar-refractivity contribution < 1.29 is 4.79 Å². The van der Waals surface area contributed by atoms with E-state index >= 15 is 0 Å². The average molecular weight is 336 g/mol. The zero-order valence-corrected chi connectivity index (χ0v) is 14.3. The monoisotopic (exact) mass is 336 g/mol. The standard InChI is InChI=1S/C18H20N6O/c1-13-4-3-5-15(21-13)23-10-11-24(14(2)12-23)18(25)16-17-20-7-9-22(17)8-6-19-16/h3-9,14H,10-12H2,1-2H3/t14-/m1/s1. The van der Waals surface area contributed by atoms with Gasteiger partial charge >= 0.3 is 0 Å². The van der Waals surface area contributed by atoms with Crippen molar-refractivity contribution in [3.63, 3.8) is 0 Å². The van der Waals surface area contributed by atoms with Gasteiger partial charge in [0.2, 0.25) is 0 Å². The number of imidazole rings is 1. The van der Waals surface area contributed by atoms with Gasteiger partial charge in [-0.15, -0.1) is 0 Å². The number of carbonyl (C=O) groups excluding carboxylic acids is 1. The third-order valence-electron chi connectivity index (χ3n) is 4.60. The number of fused-ring (bicyclic) bond motifs is 1. The highest BCUT2D eigenvalue weighted by Crippen LogP contribution is 2.19.